The van der Waals surface area contributed by atoms with Gasteiger partial charge in [0.25, 0.3) is 5.91 Å². The van der Waals surface area contributed by atoms with Crippen LogP contribution in [0.2, 0.25) is 0 Å². The number of carbonyl (C=O) groups is 1. The minimum Gasteiger partial charge on any atom is -0.366 e. The first-order valence-corrected chi connectivity index (χ1v) is 11.0. The number of fused-ring (bicyclic) bond motifs is 1. The van der Waals surface area contributed by atoms with Gasteiger partial charge < -0.3 is 11.1 Å². The molecule has 6 nitrogen and oxygen atoms in total. The third-order valence-corrected chi connectivity index (χ3v) is 6.52. The number of amides is 1. The number of benzene rings is 2. The third-order valence-electron chi connectivity index (χ3n) is 5.59. The Morgan fingerprint density at radius 1 is 1.16 bits per heavy atom. The number of carbonyl (C=O) groups excluding carboxylic acids is 1. The van der Waals surface area contributed by atoms with E-state index in [-0.39, 0.29) is 12.3 Å². The van der Waals surface area contributed by atoms with Gasteiger partial charge in [0.2, 0.25) is 0 Å². The second kappa shape index (κ2) is 8.47. The maximum Gasteiger partial charge on any atom is 0.250 e. The van der Waals surface area contributed by atoms with Gasteiger partial charge in [-0.1, -0.05) is 60.7 Å². The zero-order valence-corrected chi connectivity index (χ0v) is 17.7. The Hall–Kier alpha value is -3.26. The monoisotopic (exact) mass is 429 g/mol. The van der Waals surface area contributed by atoms with Crippen LogP contribution in [0, 0.1) is 0 Å². The van der Waals surface area contributed by atoms with E-state index in [2.05, 4.69) is 68.9 Å². The summed E-state index contributed by atoms with van der Waals surface area (Å²) in [5, 5.41) is 11.9. The lowest BCUT2D eigenvalue weighted by atomic mass is 10.0. The molecule has 0 fully saturated rings. The highest BCUT2D eigenvalue weighted by atomic mass is 32.1. The number of nitrogens with zero attached hydrogens (tertiary/aromatic N) is 1. The smallest absolute Gasteiger partial charge is 0.250 e. The summed E-state index contributed by atoms with van der Waals surface area (Å²) in [6.45, 7) is 0.755. The molecule has 5 N–H and O–H groups in total. The van der Waals surface area contributed by atoms with Crippen molar-refractivity contribution >= 4 is 28.3 Å². The highest BCUT2D eigenvalue weighted by Crippen LogP contribution is 2.33. The molecule has 1 amide bonds. The maximum atomic E-state index is 11.8. The Kier molecular flexibility index (Phi) is 5.38. The Balaban J connectivity index is 1.48. The first-order valence-electron chi connectivity index (χ1n) is 10.2. The second-order valence-corrected chi connectivity index (χ2v) is 8.39. The fraction of sp³-hybridized carbons (Fsp3) is 0.167. The minimum absolute atomic E-state index is 0.00895. The van der Waals surface area contributed by atoms with Crippen molar-refractivity contribution in [1.82, 2.24) is 20.3 Å². The van der Waals surface area contributed by atoms with Crippen LogP contribution in [0.25, 0.3) is 10.9 Å². The van der Waals surface area contributed by atoms with E-state index in [1.165, 1.54) is 22.7 Å². The molecule has 31 heavy (non-hydrogen) atoms. The van der Waals surface area contributed by atoms with Crippen molar-refractivity contribution in [3.05, 3.63) is 100 Å². The molecular weight excluding hydrogens is 406 g/mol. The molecule has 2 atom stereocenters. The third kappa shape index (κ3) is 3.90. The molecule has 1 aromatic heterocycles. The number of primary amides is 1. The summed E-state index contributed by atoms with van der Waals surface area (Å²) >= 11 is 1.39. The summed E-state index contributed by atoms with van der Waals surface area (Å²) in [6, 6.07) is 15.9. The van der Waals surface area contributed by atoms with Gasteiger partial charge in [-0.2, -0.15) is 4.37 Å². The summed E-state index contributed by atoms with van der Waals surface area (Å²) < 4.78 is 4.55. The van der Waals surface area contributed by atoms with Crippen molar-refractivity contribution in [2.24, 2.45) is 5.73 Å². The van der Waals surface area contributed by atoms with Gasteiger partial charge in [-0.05, 0) is 41.2 Å². The van der Waals surface area contributed by atoms with Crippen LogP contribution in [-0.4, -0.2) is 16.4 Å². The van der Waals surface area contributed by atoms with Gasteiger partial charge in [-0.3, -0.25) is 15.4 Å². The molecule has 5 rings (SSSR count). The topological polar surface area (TPSA) is 92.1 Å². The first-order chi connectivity index (χ1) is 15.2. The van der Waals surface area contributed by atoms with Gasteiger partial charge in [0.15, 0.2) is 0 Å². The number of rotatable bonds is 5. The van der Waals surface area contributed by atoms with Crippen molar-refractivity contribution in [2.45, 2.75) is 25.3 Å². The van der Waals surface area contributed by atoms with E-state index >= 15 is 0 Å². The summed E-state index contributed by atoms with van der Waals surface area (Å²) in [5.74, 6) is -0.461. The van der Waals surface area contributed by atoms with E-state index in [1.807, 2.05) is 18.2 Å². The lowest BCUT2D eigenvalue weighted by Gasteiger charge is -2.36. The number of hydrogen-bond donors (Lipinski definition) is 4. The lowest BCUT2D eigenvalue weighted by Crippen LogP contribution is -2.53. The fourth-order valence-corrected chi connectivity index (χ4v) is 4.93. The fourth-order valence-electron chi connectivity index (χ4n) is 4.05. The van der Waals surface area contributed by atoms with Crippen LogP contribution in [0.4, 0.5) is 0 Å². The molecule has 1 aliphatic carbocycles. The number of allylic oxidation sites excluding steroid dienone is 4. The largest absolute Gasteiger partial charge is 0.366 e. The summed E-state index contributed by atoms with van der Waals surface area (Å²) in [7, 11) is 0. The van der Waals surface area contributed by atoms with Gasteiger partial charge in [0, 0.05) is 17.6 Å². The predicted octanol–water partition coefficient (Wildman–Crippen LogP) is 3.47. The van der Waals surface area contributed by atoms with Gasteiger partial charge in [-0.25, -0.2) is 0 Å². The molecule has 0 radical (unpaired) electrons. The molecule has 0 saturated carbocycles. The van der Waals surface area contributed by atoms with E-state index in [9.17, 15) is 4.79 Å². The van der Waals surface area contributed by atoms with Crippen LogP contribution in [0.1, 0.15) is 33.4 Å². The molecular formula is C24H23N5OS. The molecule has 2 aliphatic rings. The van der Waals surface area contributed by atoms with Crippen molar-refractivity contribution in [2.75, 3.05) is 0 Å². The van der Waals surface area contributed by atoms with Gasteiger partial charge in [-0.15, -0.1) is 0 Å². The Labute approximate surface area is 184 Å². The van der Waals surface area contributed by atoms with Crippen LogP contribution in [-0.2, 0) is 6.54 Å². The van der Waals surface area contributed by atoms with E-state index in [4.69, 9.17) is 5.73 Å². The van der Waals surface area contributed by atoms with Crippen molar-refractivity contribution in [3.8, 4) is 0 Å². The predicted molar refractivity (Wildman–Crippen MR) is 124 cm³/mol. The van der Waals surface area contributed by atoms with Crippen LogP contribution < -0.4 is 21.7 Å². The SMILES string of the molecule is NC(=O)c1cccc2c(C3NC4=C(CC=CC=C4)C(NCc4ccccc4)N3)snc12. The number of nitrogens with one attached hydrogen (secondary N) is 3. The van der Waals surface area contributed by atoms with Gasteiger partial charge >= 0.3 is 0 Å². The summed E-state index contributed by atoms with van der Waals surface area (Å²) in [4.78, 5) is 12.8. The second-order valence-electron chi connectivity index (χ2n) is 7.59. The molecule has 2 heterocycles. The van der Waals surface area contributed by atoms with E-state index in [0.717, 1.165) is 28.9 Å². The number of aromatic nitrogens is 1. The Bertz CT molecular complexity index is 1210. The van der Waals surface area contributed by atoms with Crippen molar-refractivity contribution < 1.29 is 4.79 Å². The average Bonchev–Trinajstić information content (AvgIpc) is 3.08. The standard InChI is InChI=1S/C24H23N5OS/c25-22(30)18-12-7-11-17-20(18)29-31-21(17)24-27-19-13-6-2-5-10-16(19)23(28-24)26-14-15-8-3-1-4-9-15/h1-9,11-13,23-24,26-28H,10,14H2,(H2,25,30). The average molecular weight is 430 g/mol. The maximum absolute atomic E-state index is 11.8. The molecule has 2 unspecified atom stereocenters. The van der Waals surface area contributed by atoms with E-state index in [0.29, 0.717) is 11.1 Å². The van der Waals surface area contributed by atoms with Gasteiger partial charge in [0.05, 0.1) is 22.1 Å². The molecule has 2 aromatic carbocycles. The van der Waals surface area contributed by atoms with Crippen LogP contribution in [0.3, 0.4) is 0 Å². The molecule has 156 valence electrons. The molecule has 0 bridgehead atoms. The summed E-state index contributed by atoms with van der Waals surface area (Å²) in [5.41, 5.74) is 10.3. The molecule has 7 heteroatoms. The highest BCUT2D eigenvalue weighted by molar-refractivity contribution is 7.07. The normalized spacial score (nSPS) is 20.4. The summed E-state index contributed by atoms with van der Waals surface area (Å²) in [6.07, 6.45) is 9.12. The minimum atomic E-state index is -0.461. The van der Waals surface area contributed by atoms with Crippen LogP contribution >= 0.6 is 11.5 Å². The van der Waals surface area contributed by atoms with Crippen LogP contribution in [0.5, 0.6) is 0 Å². The molecule has 0 spiro atoms. The van der Waals surface area contributed by atoms with Crippen molar-refractivity contribution in [3.63, 3.8) is 0 Å². The van der Waals surface area contributed by atoms with Gasteiger partial charge in [0.1, 0.15) is 6.17 Å². The lowest BCUT2D eigenvalue weighted by molar-refractivity contribution is 0.100. The highest BCUT2D eigenvalue weighted by Gasteiger charge is 2.30. The quantitative estimate of drug-likeness (QED) is 0.498. The van der Waals surface area contributed by atoms with Crippen molar-refractivity contribution in [1.29, 1.82) is 0 Å². The Morgan fingerprint density at radius 3 is 2.87 bits per heavy atom. The van der Waals surface area contributed by atoms with E-state index < -0.39 is 5.91 Å². The van der Waals surface area contributed by atoms with Crippen LogP contribution in [0.15, 0.2) is 84.1 Å². The number of hydrogen-bond acceptors (Lipinski definition) is 6. The zero-order valence-electron chi connectivity index (χ0n) is 16.8. The Morgan fingerprint density at radius 2 is 2.03 bits per heavy atom. The van der Waals surface area contributed by atoms with E-state index in [1.54, 1.807) is 6.07 Å². The number of nitrogens with two attached hydrogens (primary N) is 1. The molecule has 3 aromatic rings. The molecule has 1 aliphatic heterocycles. The zero-order chi connectivity index (χ0) is 21.2. The molecule has 0 saturated heterocycles. The first kappa shape index (κ1) is 19.7.